The maximum absolute atomic E-state index is 5.80. The van der Waals surface area contributed by atoms with Gasteiger partial charge in [0, 0.05) is 19.2 Å². The van der Waals surface area contributed by atoms with Crippen LogP contribution in [0.3, 0.4) is 0 Å². The zero-order chi connectivity index (χ0) is 16.3. The summed E-state index contributed by atoms with van der Waals surface area (Å²) >= 11 is 0. The molecular weight excluding hydrogens is 288 g/mol. The Morgan fingerprint density at radius 3 is 2.39 bits per heavy atom. The van der Waals surface area contributed by atoms with E-state index in [0.29, 0.717) is 6.61 Å². The second-order valence-corrected chi connectivity index (χ2v) is 5.65. The normalized spacial score (nSPS) is 10.7. The van der Waals surface area contributed by atoms with Gasteiger partial charge in [-0.1, -0.05) is 24.3 Å². The van der Waals surface area contributed by atoms with Crippen LogP contribution in [0.4, 0.5) is 0 Å². The van der Waals surface area contributed by atoms with Gasteiger partial charge < -0.3 is 19.7 Å². The SMILES string of the molecule is CN(C)CCNCCCOc1cccc(Oc2ccccc2)c1. The van der Waals surface area contributed by atoms with Crippen LogP contribution in [0.2, 0.25) is 0 Å². The van der Waals surface area contributed by atoms with Gasteiger partial charge in [0.1, 0.15) is 17.2 Å². The lowest BCUT2D eigenvalue weighted by Gasteiger charge is -2.11. The molecule has 0 amide bonds. The van der Waals surface area contributed by atoms with E-state index in [2.05, 4.69) is 24.3 Å². The number of hydrogen-bond donors (Lipinski definition) is 1. The number of para-hydroxylation sites is 1. The van der Waals surface area contributed by atoms with Gasteiger partial charge in [-0.05, 0) is 51.3 Å². The Kier molecular flexibility index (Phi) is 7.43. The molecule has 23 heavy (non-hydrogen) atoms. The molecule has 124 valence electrons. The van der Waals surface area contributed by atoms with Crippen molar-refractivity contribution in [3.63, 3.8) is 0 Å². The van der Waals surface area contributed by atoms with Crippen LogP contribution < -0.4 is 14.8 Å². The molecule has 0 aliphatic heterocycles. The van der Waals surface area contributed by atoms with Crippen molar-refractivity contribution in [2.45, 2.75) is 6.42 Å². The number of rotatable bonds is 10. The summed E-state index contributed by atoms with van der Waals surface area (Å²) in [6.45, 7) is 3.73. The van der Waals surface area contributed by atoms with Crippen LogP contribution in [0.25, 0.3) is 0 Å². The Morgan fingerprint density at radius 1 is 0.870 bits per heavy atom. The minimum absolute atomic E-state index is 0.698. The van der Waals surface area contributed by atoms with Crippen LogP contribution in [0.1, 0.15) is 6.42 Å². The highest BCUT2D eigenvalue weighted by molar-refractivity contribution is 5.36. The first-order valence-corrected chi connectivity index (χ1v) is 8.05. The molecule has 0 fully saturated rings. The van der Waals surface area contributed by atoms with Crippen molar-refractivity contribution in [2.75, 3.05) is 40.3 Å². The topological polar surface area (TPSA) is 33.7 Å². The van der Waals surface area contributed by atoms with Crippen molar-refractivity contribution in [3.05, 3.63) is 54.6 Å². The highest BCUT2D eigenvalue weighted by atomic mass is 16.5. The first kappa shape index (κ1) is 17.3. The van der Waals surface area contributed by atoms with Crippen LogP contribution >= 0.6 is 0 Å². The van der Waals surface area contributed by atoms with E-state index in [1.165, 1.54) is 0 Å². The monoisotopic (exact) mass is 314 g/mol. The van der Waals surface area contributed by atoms with Crippen LogP contribution in [0.15, 0.2) is 54.6 Å². The molecular formula is C19H26N2O2. The van der Waals surface area contributed by atoms with Crippen LogP contribution in [0, 0.1) is 0 Å². The van der Waals surface area contributed by atoms with Crippen LogP contribution in [-0.4, -0.2) is 45.2 Å². The average Bonchev–Trinajstić information content (AvgIpc) is 2.55. The van der Waals surface area contributed by atoms with Gasteiger partial charge in [-0.2, -0.15) is 0 Å². The summed E-state index contributed by atoms with van der Waals surface area (Å²) in [5, 5.41) is 3.40. The molecule has 0 heterocycles. The Labute approximate surface area is 139 Å². The fourth-order valence-electron chi connectivity index (χ4n) is 2.07. The average molecular weight is 314 g/mol. The highest BCUT2D eigenvalue weighted by Gasteiger charge is 2.00. The minimum Gasteiger partial charge on any atom is -0.493 e. The van der Waals surface area contributed by atoms with E-state index in [4.69, 9.17) is 9.47 Å². The summed E-state index contributed by atoms with van der Waals surface area (Å²) in [4.78, 5) is 2.17. The van der Waals surface area contributed by atoms with E-state index in [-0.39, 0.29) is 0 Å². The second-order valence-electron chi connectivity index (χ2n) is 5.65. The molecule has 0 aromatic heterocycles. The quantitative estimate of drug-likeness (QED) is 0.682. The molecule has 0 aliphatic carbocycles. The summed E-state index contributed by atoms with van der Waals surface area (Å²) in [5.74, 6) is 2.46. The predicted molar refractivity (Wildman–Crippen MR) is 94.5 cm³/mol. The Bertz CT molecular complexity index is 558. The van der Waals surface area contributed by atoms with Gasteiger partial charge in [-0.3, -0.25) is 0 Å². The van der Waals surface area contributed by atoms with Gasteiger partial charge in [0.2, 0.25) is 0 Å². The standard InChI is InChI=1S/C19H26N2O2/c1-21(2)14-13-20-12-7-15-22-18-10-6-11-19(16-18)23-17-8-4-3-5-9-17/h3-6,8-11,16,20H,7,12-15H2,1-2H3. The van der Waals surface area contributed by atoms with Crippen LogP contribution in [0.5, 0.6) is 17.2 Å². The van der Waals surface area contributed by atoms with E-state index in [1.807, 2.05) is 54.6 Å². The van der Waals surface area contributed by atoms with E-state index < -0.39 is 0 Å². The van der Waals surface area contributed by atoms with Gasteiger partial charge in [0.15, 0.2) is 0 Å². The summed E-state index contributed by atoms with van der Waals surface area (Å²) < 4.78 is 11.6. The zero-order valence-electron chi connectivity index (χ0n) is 14.0. The summed E-state index contributed by atoms with van der Waals surface area (Å²) in [7, 11) is 4.16. The minimum atomic E-state index is 0.698. The van der Waals surface area contributed by atoms with Crippen molar-refractivity contribution < 1.29 is 9.47 Å². The van der Waals surface area contributed by atoms with Gasteiger partial charge in [0.05, 0.1) is 6.61 Å². The molecule has 2 aromatic rings. The van der Waals surface area contributed by atoms with Crippen molar-refractivity contribution in [1.82, 2.24) is 10.2 Å². The Hall–Kier alpha value is -2.04. The molecule has 0 spiro atoms. The van der Waals surface area contributed by atoms with E-state index >= 15 is 0 Å². The molecule has 4 heteroatoms. The van der Waals surface area contributed by atoms with Gasteiger partial charge >= 0.3 is 0 Å². The smallest absolute Gasteiger partial charge is 0.131 e. The number of nitrogens with one attached hydrogen (secondary N) is 1. The number of hydrogen-bond acceptors (Lipinski definition) is 4. The molecule has 2 aromatic carbocycles. The highest BCUT2D eigenvalue weighted by Crippen LogP contribution is 2.24. The molecule has 0 bridgehead atoms. The van der Waals surface area contributed by atoms with Gasteiger partial charge in [-0.15, -0.1) is 0 Å². The first-order chi connectivity index (χ1) is 11.2. The number of ether oxygens (including phenoxy) is 2. The molecule has 0 radical (unpaired) electrons. The third-order valence-corrected chi connectivity index (χ3v) is 3.29. The molecule has 4 nitrogen and oxygen atoms in total. The molecule has 0 atom stereocenters. The molecule has 0 unspecified atom stereocenters. The lowest BCUT2D eigenvalue weighted by atomic mass is 10.3. The van der Waals surface area contributed by atoms with E-state index in [0.717, 1.165) is 43.3 Å². The van der Waals surface area contributed by atoms with Crippen molar-refractivity contribution in [2.24, 2.45) is 0 Å². The molecule has 0 saturated carbocycles. The van der Waals surface area contributed by atoms with Crippen molar-refractivity contribution in [3.8, 4) is 17.2 Å². The van der Waals surface area contributed by atoms with Crippen molar-refractivity contribution >= 4 is 0 Å². The maximum atomic E-state index is 5.80. The Morgan fingerprint density at radius 2 is 1.61 bits per heavy atom. The lowest BCUT2D eigenvalue weighted by molar-refractivity contribution is 0.305. The van der Waals surface area contributed by atoms with Gasteiger partial charge in [-0.25, -0.2) is 0 Å². The third-order valence-electron chi connectivity index (χ3n) is 3.29. The number of nitrogens with zero attached hydrogens (tertiary/aromatic N) is 1. The third kappa shape index (κ3) is 7.17. The largest absolute Gasteiger partial charge is 0.493 e. The van der Waals surface area contributed by atoms with Crippen LogP contribution in [-0.2, 0) is 0 Å². The number of benzene rings is 2. The zero-order valence-corrected chi connectivity index (χ0v) is 14.0. The van der Waals surface area contributed by atoms with E-state index in [1.54, 1.807) is 0 Å². The summed E-state index contributed by atoms with van der Waals surface area (Å²) in [5.41, 5.74) is 0. The second kappa shape index (κ2) is 9.87. The maximum Gasteiger partial charge on any atom is 0.131 e. The molecule has 0 aliphatic rings. The number of likely N-dealkylation sites (N-methyl/N-ethyl adjacent to an activating group) is 1. The molecule has 1 N–H and O–H groups in total. The molecule has 0 saturated heterocycles. The van der Waals surface area contributed by atoms with Crippen molar-refractivity contribution in [1.29, 1.82) is 0 Å². The summed E-state index contributed by atoms with van der Waals surface area (Å²) in [6, 6.07) is 17.5. The van der Waals surface area contributed by atoms with E-state index in [9.17, 15) is 0 Å². The predicted octanol–water partition coefficient (Wildman–Crippen LogP) is 3.40. The lowest BCUT2D eigenvalue weighted by Crippen LogP contribution is -2.27. The van der Waals surface area contributed by atoms with Gasteiger partial charge in [0.25, 0.3) is 0 Å². The first-order valence-electron chi connectivity index (χ1n) is 8.05. The fraction of sp³-hybridized carbons (Fsp3) is 0.368. The fourth-order valence-corrected chi connectivity index (χ4v) is 2.07. The summed E-state index contributed by atoms with van der Waals surface area (Å²) in [6.07, 6.45) is 0.983. The Balaban J connectivity index is 1.69. The molecule has 2 rings (SSSR count).